The van der Waals surface area contributed by atoms with Crippen molar-refractivity contribution >= 4 is 6.41 Å². The highest BCUT2D eigenvalue weighted by Crippen LogP contribution is 1.86. The molecule has 0 rings (SSSR count). The standard InChI is InChI=1S/C5H9N3O7/c9-5-6(1-3-14-7(10)11)2-4-15-8(12)13/h5H,1-4H2. The number of hydrogen-bond donors (Lipinski definition) is 0. The molecule has 0 bridgehead atoms. The van der Waals surface area contributed by atoms with Gasteiger partial charge in [0.25, 0.3) is 10.2 Å². The molecule has 0 fully saturated rings. The Kier molecular flexibility index (Phi) is 6.26. The first kappa shape index (κ1) is 12.9. The van der Waals surface area contributed by atoms with Crippen molar-refractivity contribution in [3.05, 3.63) is 20.2 Å². The highest BCUT2D eigenvalue weighted by atomic mass is 17.0. The van der Waals surface area contributed by atoms with Gasteiger partial charge in [-0.2, -0.15) is 0 Å². The second-order valence-electron chi connectivity index (χ2n) is 2.26. The van der Waals surface area contributed by atoms with E-state index in [1.165, 1.54) is 0 Å². The van der Waals surface area contributed by atoms with Crippen LogP contribution in [0.5, 0.6) is 0 Å². The lowest BCUT2D eigenvalue weighted by Gasteiger charge is -2.15. The van der Waals surface area contributed by atoms with Gasteiger partial charge in [-0.1, -0.05) is 0 Å². The molecule has 0 saturated heterocycles. The van der Waals surface area contributed by atoms with Crippen LogP contribution in [0, 0.1) is 20.2 Å². The molecule has 10 heteroatoms. The van der Waals surface area contributed by atoms with Crippen LogP contribution in [0.3, 0.4) is 0 Å². The third kappa shape index (κ3) is 8.21. The number of rotatable bonds is 9. The fraction of sp³-hybridized carbons (Fsp3) is 0.800. The van der Waals surface area contributed by atoms with Gasteiger partial charge in [0, 0.05) is 13.1 Å². The van der Waals surface area contributed by atoms with E-state index in [0.717, 1.165) is 4.90 Å². The molecule has 0 aromatic rings. The zero-order valence-electron chi connectivity index (χ0n) is 7.61. The van der Waals surface area contributed by atoms with Crippen LogP contribution in [0.1, 0.15) is 0 Å². The SMILES string of the molecule is O=CN(CCO[N+](=O)[O-])CCO[N+](=O)[O-]. The van der Waals surface area contributed by atoms with Crippen molar-refractivity contribution in [2.24, 2.45) is 0 Å². The quantitative estimate of drug-likeness (QED) is 0.274. The molecule has 10 nitrogen and oxygen atoms in total. The highest BCUT2D eigenvalue weighted by molar-refractivity contribution is 5.46. The van der Waals surface area contributed by atoms with Gasteiger partial charge in [-0.25, -0.2) is 0 Å². The molecular weight excluding hydrogens is 214 g/mol. The first-order valence-electron chi connectivity index (χ1n) is 3.80. The molecule has 0 aliphatic carbocycles. The second-order valence-corrected chi connectivity index (χ2v) is 2.26. The minimum absolute atomic E-state index is 0.0362. The van der Waals surface area contributed by atoms with Gasteiger partial charge < -0.3 is 14.6 Å². The molecule has 0 aliphatic rings. The van der Waals surface area contributed by atoms with Gasteiger partial charge in [-0.05, 0) is 0 Å². The molecule has 0 radical (unpaired) electrons. The van der Waals surface area contributed by atoms with Crippen LogP contribution in [0.15, 0.2) is 0 Å². The third-order valence-corrected chi connectivity index (χ3v) is 1.30. The molecule has 15 heavy (non-hydrogen) atoms. The van der Waals surface area contributed by atoms with Crippen LogP contribution in [-0.2, 0) is 14.5 Å². The van der Waals surface area contributed by atoms with Crippen molar-refractivity contribution in [2.75, 3.05) is 26.3 Å². The second kappa shape index (κ2) is 7.29. The van der Waals surface area contributed by atoms with E-state index in [4.69, 9.17) is 0 Å². The zero-order chi connectivity index (χ0) is 11.7. The summed E-state index contributed by atoms with van der Waals surface area (Å²) in [7, 11) is 0. The summed E-state index contributed by atoms with van der Waals surface area (Å²) in [5.41, 5.74) is 0. The minimum atomic E-state index is -0.990. The third-order valence-electron chi connectivity index (χ3n) is 1.30. The van der Waals surface area contributed by atoms with E-state index in [1.807, 2.05) is 0 Å². The molecule has 0 heterocycles. The number of hydrogen-bond acceptors (Lipinski definition) is 7. The normalized spacial score (nSPS) is 9.07. The van der Waals surface area contributed by atoms with Crippen molar-refractivity contribution in [1.82, 2.24) is 4.90 Å². The van der Waals surface area contributed by atoms with Crippen molar-refractivity contribution in [1.29, 1.82) is 0 Å². The summed E-state index contributed by atoms with van der Waals surface area (Å²) >= 11 is 0. The van der Waals surface area contributed by atoms with Gasteiger partial charge >= 0.3 is 0 Å². The maximum atomic E-state index is 10.3. The molecule has 0 saturated carbocycles. The Morgan fingerprint density at radius 1 is 1.07 bits per heavy atom. The van der Waals surface area contributed by atoms with Crippen LogP contribution in [-0.4, -0.2) is 47.8 Å². The van der Waals surface area contributed by atoms with E-state index in [9.17, 15) is 25.0 Å². The van der Waals surface area contributed by atoms with Crippen molar-refractivity contribution in [2.45, 2.75) is 0 Å². The molecule has 0 aliphatic heterocycles. The Labute approximate surface area is 83.6 Å². The maximum absolute atomic E-state index is 10.3. The van der Waals surface area contributed by atoms with Gasteiger partial charge in [0.05, 0.1) is 0 Å². The zero-order valence-corrected chi connectivity index (χ0v) is 7.61. The lowest BCUT2D eigenvalue weighted by Crippen LogP contribution is -2.30. The average Bonchev–Trinajstić information content (AvgIpc) is 2.14. The molecule has 0 N–H and O–H groups in total. The summed E-state index contributed by atoms with van der Waals surface area (Å²) in [6.07, 6.45) is 0.395. The largest absolute Gasteiger partial charge is 0.341 e. The molecular formula is C5H9N3O7. The predicted octanol–water partition coefficient (Wildman–Crippen LogP) is -1.14. The number of carbonyl (C=O) groups is 1. The summed E-state index contributed by atoms with van der Waals surface area (Å²) in [5.74, 6) is 0. The molecule has 86 valence electrons. The highest BCUT2D eigenvalue weighted by Gasteiger charge is 2.04. The molecule has 0 aromatic heterocycles. The van der Waals surface area contributed by atoms with Crippen LogP contribution in [0.2, 0.25) is 0 Å². The summed E-state index contributed by atoms with van der Waals surface area (Å²) in [6, 6.07) is 0. The smallest absolute Gasteiger partial charge is 0.294 e. The Morgan fingerprint density at radius 2 is 1.47 bits per heavy atom. The maximum Gasteiger partial charge on any atom is 0.294 e. The van der Waals surface area contributed by atoms with E-state index >= 15 is 0 Å². The van der Waals surface area contributed by atoms with Crippen LogP contribution in [0.4, 0.5) is 0 Å². The van der Waals surface area contributed by atoms with Crippen molar-refractivity contribution < 1.29 is 24.6 Å². The Balaban J connectivity index is 3.59. The van der Waals surface area contributed by atoms with Gasteiger partial charge in [0.15, 0.2) is 0 Å². The van der Waals surface area contributed by atoms with E-state index in [0.29, 0.717) is 6.41 Å². The summed E-state index contributed by atoms with van der Waals surface area (Å²) in [4.78, 5) is 38.8. The van der Waals surface area contributed by atoms with E-state index in [-0.39, 0.29) is 26.3 Å². The van der Waals surface area contributed by atoms with E-state index in [2.05, 4.69) is 9.68 Å². The van der Waals surface area contributed by atoms with Crippen LogP contribution in [0.25, 0.3) is 0 Å². The van der Waals surface area contributed by atoms with Gasteiger partial charge in [-0.15, -0.1) is 20.2 Å². The molecule has 0 aromatic carbocycles. The lowest BCUT2D eigenvalue weighted by molar-refractivity contribution is -0.758. The Morgan fingerprint density at radius 3 is 1.73 bits per heavy atom. The molecule has 1 amide bonds. The van der Waals surface area contributed by atoms with Crippen LogP contribution >= 0.6 is 0 Å². The summed E-state index contributed by atoms with van der Waals surface area (Å²) in [5, 5.41) is 17.5. The van der Waals surface area contributed by atoms with Crippen LogP contribution < -0.4 is 0 Å². The number of nitrogens with zero attached hydrogens (tertiary/aromatic N) is 3. The van der Waals surface area contributed by atoms with Gasteiger partial charge in [-0.3, -0.25) is 4.79 Å². The summed E-state index contributed by atoms with van der Waals surface area (Å²) in [6.45, 7) is -0.647. The fourth-order valence-corrected chi connectivity index (χ4v) is 0.682. The van der Waals surface area contributed by atoms with Gasteiger partial charge in [0.2, 0.25) is 6.41 Å². The number of amides is 1. The molecule has 0 unspecified atom stereocenters. The first-order chi connectivity index (χ1) is 7.06. The monoisotopic (exact) mass is 223 g/mol. The summed E-state index contributed by atoms with van der Waals surface area (Å²) < 4.78 is 0. The number of carbonyl (C=O) groups excluding carboxylic acids is 1. The fourth-order valence-electron chi connectivity index (χ4n) is 0.682. The van der Waals surface area contributed by atoms with E-state index < -0.39 is 10.2 Å². The predicted molar refractivity (Wildman–Crippen MR) is 43.5 cm³/mol. The molecule has 0 spiro atoms. The first-order valence-corrected chi connectivity index (χ1v) is 3.80. The molecule has 0 atom stereocenters. The lowest BCUT2D eigenvalue weighted by atomic mass is 10.5. The van der Waals surface area contributed by atoms with E-state index in [1.54, 1.807) is 0 Å². The topological polar surface area (TPSA) is 125 Å². The average molecular weight is 223 g/mol. The Hall–Kier alpha value is -2.13. The van der Waals surface area contributed by atoms with Crippen molar-refractivity contribution in [3.8, 4) is 0 Å². The van der Waals surface area contributed by atoms with Gasteiger partial charge in [0.1, 0.15) is 13.2 Å². The Bertz CT molecular complexity index is 213. The van der Waals surface area contributed by atoms with Crippen molar-refractivity contribution in [3.63, 3.8) is 0 Å². The minimum Gasteiger partial charge on any atom is -0.341 e.